The second kappa shape index (κ2) is 10.3. The van der Waals surface area contributed by atoms with Crippen molar-refractivity contribution in [2.75, 3.05) is 6.61 Å². The molecule has 1 atom stereocenters. The molecule has 0 bridgehead atoms. The fraction of sp³-hybridized carbons (Fsp3) is 0.850. The summed E-state index contributed by atoms with van der Waals surface area (Å²) < 4.78 is 245. The summed E-state index contributed by atoms with van der Waals surface area (Å²) in [6.45, 7) is 3.33. The van der Waals surface area contributed by atoms with Crippen LogP contribution in [0.3, 0.4) is 0 Å². The van der Waals surface area contributed by atoms with Gasteiger partial charge in [-0.2, -0.15) is 74.6 Å². The van der Waals surface area contributed by atoms with Crippen molar-refractivity contribution in [1.82, 2.24) is 0 Å². The molecule has 0 aromatic carbocycles. The van der Waals surface area contributed by atoms with E-state index in [1.807, 2.05) is 0 Å². The van der Waals surface area contributed by atoms with Crippen LogP contribution in [0.5, 0.6) is 0 Å². The van der Waals surface area contributed by atoms with Crippen molar-refractivity contribution >= 4 is 5.97 Å². The molecule has 0 saturated carbocycles. The molecule has 40 heavy (non-hydrogen) atoms. The highest BCUT2D eigenvalue weighted by Crippen LogP contribution is 2.64. The summed E-state index contributed by atoms with van der Waals surface area (Å²) in [7, 11) is 0. The van der Waals surface area contributed by atoms with Crippen LogP contribution in [-0.2, 0) is 9.53 Å². The van der Waals surface area contributed by atoms with Gasteiger partial charge in [-0.05, 0) is 19.9 Å². The maximum absolute atomic E-state index is 15.2. The van der Waals surface area contributed by atoms with E-state index in [4.69, 9.17) is 0 Å². The summed E-state index contributed by atoms with van der Waals surface area (Å²) >= 11 is 0. The lowest BCUT2D eigenvalue weighted by Crippen LogP contribution is -2.74. The lowest BCUT2D eigenvalue weighted by molar-refractivity contribution is -0.461. The number of carbonyl (C=O) groups excluding carboxylic acids is 1. The van der Waals surface area contributed by atoms with Crippen molar-refractivity contribution in [3.63, 3.8) is 0 Å². The summed E-state index contributed by atoms with van der Waals surface area (Å²) in [5, 5.41) is 0. The van der Waals surface area contributed by atoms with E-state index in [1.165, 1.54) is 13.8 Å². The van der Waals surface area contributed by atoms with E-state index in [2.05, 4.69) is 4.74 Å². The van der Waals surface area contributed by atoms with E-state index >= 15 is 4.39 Å². The number of allylic oxidation sites excluding steroid dienone is 1. The average Bonchev–Trinajstić information content (AvgIpc) is 2.70. The normalized spacial score (nSPS) is 16.9. The Morgan fingerprint density at radius 1 is 0.575 bits per heavy atom. The van der Waals surface area contributed by atoms with Crippen LogP contribution in [0.2, 0.25) is 0 Å². The van der Waals surface area contributed by atoms with Gasteiger partial charge in [-0.15, -0.1) is 0 Å². The standard InChI is InChI=1S/C20H20F18O2/c1-9(2)8-12(21,11(3,4)5)10(39)40-7-6-13(22,23)14(24,25)15(26,27)16(28,29)17(30,31)18(32,33)19(34,35)20(36,37)38/h8H,6-7H2,1-5H3. The minimum Gasteiger partial charge on any atom is -0.463 e. The number of alkyl halides is 18. The third kappa shape index (κ3) is 5.68. The highest BCUT2D eigenvalue weighted by atomic mass is 19.4. The van der Waals surface area contributed by atoms with Crippen molar-refractivity contribution in [3.8, 4) is 0 Å². The van der Waals surface area contributed by atoms with Gasteiger partial charge in [0.2, 0.25) is 5.67 Å². The molecule has 0 fully saturated rings. The molecule has 0 amide bonds. The van der Waals surface area contributed by atoms with E-state index in [0.29, 0.717) is 6.08 Å². The Balaban J connectivity index is 6.37. The van der Waals surface area contributed by atoms with Gasteiger partial charge in [0.1, 0.15) is 0 Å². The molecule has 0 aliphatic rings. The minimum atomic E-state index is -8.74. The number of hydrogen-bond donors (Lipinski definition) is 0. The summed E-state index contributed by atoms with van der Waals surface area (Å²) in [5.74, 6) is -59.5. The minimum absolute atomic E-state index is 0.0574. The molecule has 238 valence electrons. The molecule has 0 aromatic heterocycles. The molecule has 0 spiro atoms. The molecule has 0 saturated heterocycles. The van der Waals surface area contributed by atoms with Gasteiger partial charge in [-0.25, -0.2) is 9.18 Å². The third-order valence-electron chi connectivity index (χ3n) is 5.31. The van der Waals surface area contributed by atoms with Crippen LogP contribution in [0.15, 0.2) is 11.6 Å². The van der Waals surface area contributed by atoms with Gasteiger partial charge in [0.05, 0.1) is 13.0 Å². The van der Waals surface area contributed by atoms with Gasteiger partial charge in [0.25, 0.3) is 0 Å². The lowest BCUT2D eigenvalue weighted by Gasteiger charge is -2.42. The monoisotopic (exact) mass is 634 g/mol. The fourth-order valence-electron chi connectivity index (χ4n) is 2.71. The predicted molar refractivity (Wildman–Crippen MR) is 99.0 cm³/mol. The summed E-state index contributed by atoms with van der Waals surface area (Å²) in [4.78, 5) is 12.1. The molecular formula is C20H20F18O2. The van der Waals surface area contributed by atoms with Crippen LogP contribution in [0, 0.1) is 5.41 Å². The number of halogens is 18. The molecule has 0 aliphatic carbocycles. The van der Waals surface area contributed by atoms with E-state index in [-0.39, 0.29) is 5.57 Å². The molecule has 0 heterocycles. The van der Waals surface area contributed by atoms with Crippen molar-refractivity contribution in [2.45, 2.75) is 94.3 Å². The molecule has 0 N–H and O–H groups in total. The smallest absolute Gasteiger partial charge is 0.460 e. The van der Waals surface area contributed by atoms with Crippen LogP contribution >= 0.6 is 0 Å². The van der Waals surface area contributed by atoms with E-state index < -0.39 is 77.7 Å². The Hall–Kier alpha value is -2.05. The Kier molecular flexibility index (Phi) is 9.81. The van der Waals surface area contributed by atoms with Crippen LogP contribution in [0.4, 0.5) is 79.0 Å². The molecule has 0 aromatic rings. The maximum atomic E-state index is 15.2. The fourth-order valence-corrected chi connectivity index (χ4v) is 2.71. The first-order chi connectivity index (χ1) is 17.0. The summed E-state index contributed by atoms with van der Waals surface area (Å²) in [5.41, 5.74) is -4.90. The van der Waals surface area contributed by atoms with E-state index in [9.17, 15) is 79.4 Å². The quantitative estimate of drug-likeness (QED) is 0.129. The van der Waals surface area contributed by atoms with Crippen LogP contribution in [-0.4, -0.2) is 65.9 Å². The summed E-state index contributed by atoms with van der Waals surface area (Å²) in [6, 6.07) is 0. The van der Waals surface area contributed by atoms with Crippen LogP contribution < -0.4 is 0 Å². The molecule has 0 rings (SSSR count). The van der Waals surface area contributed by atoms with E-state index in [1.54, 1.807) is 0 Å². The SMILES string of the molecule is CC(C)=CC(F)(C(=O)OCCC(F)(F)C(F)(F)C(F)(F)C(F)(F)C(F)(F)C(F)(F)C(F)(F)C(F)(F)F)C(C)(C)C. The highest BCUT2D eigenvalue weighted by Gasteiger charge is 2.95. The van der Waals surface area contributed by atoms with Crippen molar-refractivity contribution < 1.29 is 88.6 Å². The number of ether oxygens (including phenoxy) is 1. The number of carbonyl (C=O) groups is 1. The number of rotatable bonds is 11. The first-order valence-electron chi connectivity index (χ1n) is 10.3. The highest BCUT2D eigenvalue weighted by molar-refractivity contribution is 5.83. The van der Waals surface area contributed by atoms with Crippen LogP contribution in [0.25, 0.3) is 0 Å². The van der Waals surface area contributed by atoms with Gasteiger partial charge in [-0.3, -0.25) is 0 Å². The molecule has 1 unspecified atom stereocenters. The summed E-state index contributed by atoms with van der Waals surface area (Å²) in [6.07, 6.45) is -10.3. The lowest BCUT2D eigenvalue weighted by atomic mass is 9.77. The van der Waals surface area contributed by atoms with Gasteiger partial charge >= 0.3 is 53.6 Å². The zero-order valence-electron chi connectivity index (χ0n) is 20.6. The van der Waals surface area contributed by atoms with Crippen LogP contribution in [0.1, 0.15) is 41.0 Å². The molecule has 0 aliphatic heterocycles. The largest absolute Gasteiger partial charge is 0.463 e. The molecule has 20 heteroatoms. The Bertz CT molecular complexity index is 953. The first-order valence-corrected chi connectivity index (χ1v) is 10.3. The molecule has 2 nitrogen and oxygen atoms in total. The second-order valence-corrected chi connectivity index (χ2v) is 9.72. The zero-order chi connectivity index (χ0) is 33.0. The van der Waals surface area contributed by atoms with Gasteiger partial charge in [0.15, 0.2) is 0 Å². The maximum Gasteiger partial charge on any atom is 0.460 e. The van der Waals surface area contributed by atoms with Gasteiger partial charge < -0.3 is 4.74 Å². The molecule has 0 radical (unpaired) electrons. The average molecular weight is 634 g/mol. The van der Waals surface area contributed by atoms with E-state index in [0.717, 1.165) is 20.8 Å². The molecular weight excluding hydrogens is 614 g/mol. The topological polar surface area (TPSA) is 26.3 Å². The Morgan fingerprint density at radius 3 is 1.20 bits per heavy atom. The van der Waals surface area contributed by atoms with Gasteiger partial charge in [0, 0.05) is 5.41 Å². The van der Waals surface area contributed by atoms with Gasteiger partial charge in [-0.1, -0.05) is 26.3 Å². The second-order valence-electron chi connectivity index (χ2n) is 9.72. The Labute approximate surface area is 213 Å². The predicted octanol–water partition coefficient (Wildman–Crippen LogP) is 8.65. The first kappa shape index (κ1) is 37.9. The zero-order valence-corrected chi connectivity index (χ0v) is 20.6. The van der Waals surface area contributed by atoms with Crippen molar-refractivity contribution in [2.24, 2.45) is 5.41 Å². The number of esters is 1. The number of hydrogen-bond acceptors (Lipinski definition) is 2. The van der Waals surface area contributed by atoms with Crippen molar-refractivity contribution in [1.29, 1.82) is 0 Å². The Morgan fingerprint density at radius 2 is 0.900 bits per heavy atom. The van der Waals surface area contributed by atoms with Crippen molar-refractivity contribution in [3.05, 3.63) is 11.6 Å². The third-order valence-corrected chi connectivity index (χ3v) is 5.31.